The van der Waals surface area contributed by atoms with Crippen LogP contribution in [0.15, 0.2) is 48.8 Å². The van der Waals surface area contributed by atoms with E-state index in [0.29, 0.717) is 11.4 Å². The van der Waals surface area contributed by atoms with Crippen LogP contribution in [0.2, 0.25) is 0 Å². The molecule has 4 rings (SSSR count). The predicted octanol–water partition coefficient (Wildman–Crippen LogP) is 2.72. The second-order valence-electron chi connectivity index (χ2n) is 5.94. The zero-order chi connectivity index (χ0) is 17.4. The number of benzene rings is 2. The monoisotopic (exact) mass is 332 g/mol. The molecule has 2 heterocycles. The first kappa shape index (κ1) is 15.1. The van der Waals surface area contributed by atoms with Crippen LogP contribution in [-0.4, -0.2) is 50.3 Å². The number of aromatic nitrogens is 5. The van der Waals surface area contributed by atoms with Gasteiger partial charge < -0.3 is 4.90 Å². The van der Waals surface area contributed by atoms with Crippen molar-refractivity contribution >= 4 is 16.8 Å². The normalized spacial score (nSPS) is 11.0. The molecule has 0 unspecified atom stereocenters. The number of carbonyl (C=O) groups is 1. The first-order valence-electron chi connectivity index (χ1n) is 7.80. The van der Waals surface area contributed by atoms with Crippen LogP contribution in [0, 0.1) is 0 Å². The molecule has 0 fully saturated rings. The van der Waals surface area contributed by atoms with E-state index in [9.17, 15) is 4.79 Å². The fraction of sp³-hybridized carbons (Fsp3) is 0.111. The minimum Gasteiger partial charge on any atom is -0.345 e. The van der Waals surface area contributed by atoms with Crippen LogP contribution >= 0.6 is 0 Å². The molecule has 124 valence electrons. The zero-order valence-corrected chi connectivity index (χ0v) is 13.8. The molecule has 2 aromatic heterocycles. The highest BCUT2D eigenvalue weighted by Gasteiger charge is 2.14. The van der Waals surface area contributed by atoms with Crippen molar-refractivity contribution in [1.29, 1.82) is 0 Å². The Morgan fingerprint density at radius 2 is 1.92 bits per heavy atom. The molecule has 2 N–H and O–H groups in total. The highest BCUT2D eigenvalue weighted by Crippen LogP contribution is 2.29. The van der Waals surface area contributed by atoms with Crippen molar-refractivity contribution in [2.75, 3.05) is 14.1 Å². The Labute approximate surface area is 143 Å². The Bertz CT molecular complexity index is 1050. The molecule has 25 heavy (non-hydrogen) atoms. The molecular weight excluding hydrogens is 316 g/mol. The summed E-state index contributed by atoms with van der Waals surface area (Å²) in [5, 5.41) is 15.3. The van der Waals surface area contributed by atoms with Gasteiger partial charge in [-0.1, -0.05) is 12.1 Å². The minimum atomic E-state index is -0.0388. The summed E-state index contributed by atoms with van der Waals surface area (Å²) in [7, 11) is 3.48. The molecule has 0 saturated heterocycles. The smallest absolute Gasteiger partial charge is 0.253 e. The van der Waals surface area contributed by atoms with Crippen LogP contribution in [0.3, 0.4) is 0 Å². The van der Waals surface area contributed by atoms with Gasteiger partial charge in [-0.05, 0) is 30.3 Å². The topological polar surface area (TPSA) is 90.6 Å². The first-order valence-corrected chi connectivity index (χ1v) is 7.80. The molecule has 0 spiro atoms. The van der Waals surface area contributed by atoms with Gasteiger partial charge in [0, 0.05) is 36.2 Å². The molecule has 0 saturated carbocycles. The Hall–Kier alpha value is -3.48. The molecule has 7 nitrogen and oxygen atoms in total. The molecule has 7 heteroatoms. The standard InChI is InChI=1S/C18H16N6O/c1-24(2)18(25)13-5-3-4-11(8-13)16-14-9-12(17-19-10-20-23-17)6-7-15(14)21-22-16/h3-10H,1-2H3,(H,21,22)(H,19,20,23). The summed E-state index contributed by atoms with van der Waals surface area (Å²) < 4.78 is 0. The van der Waals surface area contributed by atoms with E-state index in [1.54, 1.807) is 31.4 Å². The van der Waals surface area contributed by atoms with E-state index in [1.807, 2.05) is 36.4 Å². The lowest BCUT2D eigenvalue weighted by Gasteiger charge is -2.10. The van der Waals surface area contributed by atoms with Gasteiger partial charge in [-0.2, -0.15) is 10.2 Å². The van der Waals surface area contributed by atoms with Gasteiger partial charge in [0.2, 0.25) is 0 Å². The van der Waals surface area contributed by atoms with Crippen LogP contribution in [0.5, 0.6) is 0 Å². The number of nitrogens with one attached hydrogen (secondary N) is 2. The number of amides is 1. The van der Waals surface area contributed by atoms with Crippen molar-refractivity contribution < 1.29 is 4.79 Å². The molecule has 4 aromatic rings. The third-order valence-corrected chi connectivity index (χ3v) is 4.03. The fourth-order valence-corrected chi connectivity index (χ4v) is 2.78. The Kier molecular flexibility index (Phi) is 3.53. The predicted molar refractivity (Wildman–Crippen MR) is 94.9 cm³/mol. The number of H-pyrrole nitrogens is 2. The molecule has 1 amide bonds. The van der Waals surface area contributed by atoms with Crippen LogP contribution in [0.1, 0.15) is 10.4 Å². The minimum absolute atomic E-state index is 0.0388. The Morgan fingerprint density at radius 1 is 1.04 bits per heavy atom. The molecular formula is C18H16N6O. The van der Waals surface area contributed by atoms with Gasteiger partial charge in [-0.15, -0.1) is 0 Å². The number of hydrogen-bond acceptors (Lipinski definition) is 4. The molecule has 0 bridgehead atoms. The largest absolute Gasteiger partial charge is 0.345 e. The average molecular weight is 332 g/mol. The van der Waals surface area contributed by atoms with E-state index in [0.717, 1.165) is 27.7 Å². The number of fused-ring (bicyclic) bond motifs is 1. The number of aromatic amines is 2. The van der Waals surface area contributed by atoms with E-state index in [-0.39, 0.29) is 5.91 Å². The molecule has 0 aliphatic carbocycles. The van der Waals surface area contributed by atoms with Gasteiger partial charge >= 0.3 is 0 Å². The fourth-order valence-electron chi connectivity index (χ4n) is 2.78. The van der Waals surface area contributed by atoms with Crippen molar-refractivity contribution in [3.63, 3.8) is 0 Å². The quantitative estimate of drug-likeness (QED) is 0.603. The van der Waals surface area contributed by atoms with Crippen LogP contribution in [0.25, 0.3) is 33.5 Å². The molecule has 0 radical (unpaired) electrons. The lowest BCUT2D eigenvalue weighted by Crippen LogP contribution is -2.21. The summed E-state index contributed by atoms with van der Waals surface area (Å²) in [6.07, 6.45) is 1.55. The maximum absolute atomic E-state index is 12.2. The van der Waals surface area contributed by atoms with Crippen LogP contribution < -0.4 is 0 Å². The van der Waals surface area contributed by atoms with E-state index >= 15 is 0 Å². The van der Waals surface area contributed by atoms with Crippen molar-refractivity contribution in [3.8, 4) is 22.6 Å². The van der Waals surface area contributed by atoms with Gasteiger partial charge in [0.15, 0.2) is 5.82 Å². The SMILES string of the molecule is CN(C)C(=O)c1cccc(-c2n[nH]c3ccc(-c4nc[nH]n4)cc23)c1. The van der Waals surface area contributed by atoms with Gasteiger partial charge in [0.25, 0.3) is 5.91 Å². The van der Waals surface area contributed by atoms with E-state index < -0.39 is 0 Å². The summed E-state index contributed by atoms with van der Waals surface area (Å²) in [4.78, 5) is 18.0. The summed E-state index contributed by atoms with van der Waals surface area (Å²) in [5.41, 5.74) is 4.12. The average Bonchev–Trinajstić information content (AvgIpc) is 3.30. The number of nitrogens with zero attached hydrogens (tertiary/aromatic N) is 4. The maximum atomic E-state index is 12.2. The third kappa shape index (κ3) is 2.65. The zero-order valence-electron chi connectivity index (χ0n) is 13.8. The Balaban J connectivity index is 1.83. The summed E-state index contributed by atoms with van der Waals surface area (Å²) in [6, 6.07) is 13.4. The Morgan fingerprint density at radius 3 is 2.68 bits per heavy atom. The summed E-state index contributed by atoms with van der Waals surface area (Å²) >= 11 is 0. The third-order valence-electron chi connectivity index (χ3n) is 4.03. The highest BCUT2D eigenvalue weighted by molar-refractivity contribution is 5.98. The van der Waals surface area contributed by atoms with Gasteiger partial charge in [-0.3, -0.25) is 15.0 Å². The number of hydrogen-bond donors (Lipinski definition) is 2. The maximum Gasteiger partial charge on any atom is 0.253 e. The van der Waals surface area contributed by atoms with Crippen molar-refractivity contribution in [1.82, 2.24) is 30.3 Å². The second-order valence-corrected chi connectivity index (χ2v) is 5.94. The lowest BCUT2D eigenvalue weighted by molar-refractivity contribution is 0.0827. The first-order chi connectivity index (χ1) is 12.1. The van der Waals surface area contributed by atoms with Crippen LogP contribution in [-0.2, 0) is 0 Å². The van der Waals surface area contributed by atoms with Crippen LogP contribution in [0.4, 0.5) is 0 Å². The molecule has 0 aliphatic rings. The lowest BCUT2D eigenvalue weighted by atomic mass is 10.0. The van der Waals surface area contributed by atoms with E-state index in [2.05, 4.69) is 25.4 Å². The van der Waals surface area contributed by atoms with Gasteiger partial charge in [-0.25, -0.2) is 4.98 Å². The van der Waals surface area contributed by atoms with Gasteiger partial charge in [0.1, 0.15) is 6.33 Å². The molecule has 0 aliphatic heterocycles. The summed E-state index contributed by atoms with van der Waals surface area (Å²) in [5.74, 6) is 0.591. The number of carbonyl (C=O) groups excluding carboxylic acids is 1. The van der Waals surface area contributed by atoms with Crippen molar-refractivity contribution in [2.24, 2.45) is 0 Å². The van der Waals surface area contributed by atoms with E-state index in [1.165, 1.54) is 0 Å². The summed E-state index contributed by atoms with van der Waals surface area (Å²) in [6.45, 7) is 0. The molecule has 2 aromatic carbocycles. The van der Waals surface area contributed by atoms with Crippen molar-refractivity contribution in [3.05, 3.63) is 54.4 Å². The second kappa shape index (κ2) is 5.86. The van der Waals surface area contributed by atoms with Crippen molar-refractivity contribution in [2.45, 2.75) is 0 Å². The van der Waals surface area contributed by atoms with E-state index in [4.69, 9.17) is 0 Å². The molecule has 0 atom stereocenters. The van der Waals surface area contributed by atoms with Gasteiger partial charge in [0.05, 0.1) is 11.2 Å². The number of rotatable bonds is 3. The highest BCUT2D eigenvalue weighted by atomic mass is 16.2.